The molecule has 0 fully saturated rings. The molecule has 0 amide bonds. The minimum Gasteiger partial charge on any atom is -0.370 e. The van der Waals surface area contributed by atoms with Crippen molar-refractivity contribution in [2.45, 2.75) is 33.0 Å². The molecule has 1 heterocycles. The van der Waals surface area contributed by atoms with Crippen LogP contribution in [0.2, 0.25) is 5.02 Å². The lowest BCUT2D eigenvalue weighted by molar-refractivity contribution is 0.581. The van der Waals surface area contributed by atoms with E-state index in [9.17, 15) is 0 Å². The molecule has 0 atom stereocenters. The van der Waals surface area contributed by atoms with Gasteiger partial charge in [-0.25, -0.2) is 0 Å². The first-order valence-corrected chi connectivity index (χ1v) is 7.57. The zero-order chi connectivity index (χ0) is 15.2. The lowest BCUT2D eigenvalue weighted by Gasteiger charge is -2.20. The number of benzene rings is 1. The molecule has 0 radical (unpaired) electrons. The predicted octanol–water partition coefficient (Wildman–Crippen LogP) is 3.87. The van der Waals surface area contributed by atoms with Crippen LogP contribution in [0.3, 0.4) is 0 Å². The van der Waals surface area contributed by atoms with Crippen molar-refractivity contribution in [2.75, 3.05) is 11.9 Å². The van der Waals surface area contributed by atoms with Gasteiger partial charge in [-0.3, -0.25) is 4.98 Å². The second-order valence-electron chi connectivity index (χ2n) is 5.49. The summed E-state index contributed by atoms with van der Waals surface area (Å²) in [6, 6.07) is 12.5. The number of hydrogen-bond acceptors (Lipinski definition) is 3. The number of halogens is 1. The summed E-state index contributed by atoms with van der Waals surface area (Å²) in [5.74, 6) is 0. The van der Waals surface area contributed by atoms with E-state index >= 15 is 0 Å². The number of anilines is 1. The van der Waals surface area contributed by atoms with Gasteiger partial charge in [0.2, 0.25) is 0 Å². The lowest BCUT2D eigenvalue weighted by Crippen LogP contribution is -2.23. The molecule has 1 N–H and O–H groups in total. The van der Waals surface area contributed by atoms with Gasteiger partial charge in [-0.2, -0.15) is 0 Å². The van der Waals surface area contributed by atoms with Crippen molar-refractivity contribution < 1.29 is 0 Å². The van der Waals surface area contributed by atoms with Gasteiger partial charge in [-0.05, 0) is 23.8 Å². The Bertz CT molecular complexity index is 584. The molecule has 0 unspecified atom stereocenters. The Morgan fingerprint density at radius 3 is 2.71 bits per heavy atom. The van der Waals surface area contributed by atoms with E-state index in [1.807, 2.05) is 30.5 Å². The molecule has 2 aromatic rings. The van der Waals surface area contributed by atoms with Crippen LogP contribution < -0.4 is 10.2 Å². The van der Waals surface area contributed by atoms with Crippen molar-refractivity contribution in [1.82, 2.24) is 10.3 Å². The van der Waals surface area contributed by atoms with Crippen LogP contribution >= 0.6 is 11.6 Å². The Balaban J connectivity index is 2.07. The Labute approximate surface area is 132 Å². The van der Waals surface area contributed by atoms with E-state index in [0.717, 1.165) is 35.1 Å². The highest BCUT2D eigenvalue weighted by Crippen LogP contribution is 2.20. The smallest absolute Gasteiger partial charge is 0.0562 e. The standard InChI is InChI=1S/C17H22ClN3/c1-13(2)20-11-15-10-16(8-9-19-15)21(3)12-14-6-4-5-7-17(14)18/h4-10,13,20H,11-12H2,1-3H3. The molecule has 0 saturated heterocycles. The van der Waals surface area contributed by atoms with Crippen LogP contribution in [0.1, 0.15) is 25.1 Å². The molecule has 3 nitrogen and oxygen atoms in total. The first kappa shape index (κ1) is 15.8. The highest BCUT2D eigenvalue weighted by Gasteiger charge is 2.06. The van der Waals surface area contributed by atoms with Gasteiger partial charge in [0.05, 0.1) is 5.69 Å². The van der Waals surface area contributed by atoms with Crippen LogP contribution in [0.15, 0.2) is 42.6 Å². The normalized spacial score (nSPS) is 10.9. The molecule has 112 valence electrons. The maximum absolute atomic E-state index is 6.22. The molecule has 0 spiro atoms. The van der Waals surface area contributed by atoms with E-state index in [0.29, 0.717) is 6.04 Å². The maximum atomic E-state index is 6.22. The Morgan fingerprint density at radius 2 is 2.00 bits per heavy atom. The Morgan fingerprint density at radius 1 is 1.24 bits per heavy atom. The summed E-state index contributed by atoms with van der Waals surface area (Å²) in [5.41, 5.74) is 3.32. The molecule has 0 aliphatic heterocycles. The topological polar surface area (TPSA) is 28.2 Å². The second-order valence-corrected chi connectivity index (χ2v) is 5.90. The highest BCUT2D eigenvalue weighted by molar-refractivity contribution is 6.31. The van der Waals surface area contributed by atoms with Crippen molar-refractivity contribution in [3.63, 3.8) is 0 Å². The van der Waals surface area contributed by atoms with Crippen molar-refractivity contribution in [3.8, 4) is 0 Å². The summed E-state index contributed by atoms with van der Waals surface area (Å²) < 4.78 is 0. The van der Waals surface area contributed by atoms with Crippen molar-refractivity contribution >= 4 is 17.3 Å². The number of rotatable bonds is 6. The largest absolute Gasteiger partial charge is 0.370 e. The average Bonchev–Trinajstić information content (AvgIpc) is 2.48. The third-order valence-electron chi connectivity index (χ3n) is 3.30. The van der Waals surface area contributed by atoms with Crippen LogP contribution in [-0.4, -0.2) is 18.1 Å². The molecule has 0 aliphatic carbocycles. The molecular formula is C17H22ClN3. The number of aromatic nitrogens is 1. The maximum Gasteiger partial charge on any atom is 0.0562 e. The van der Waals surface area contributed by atoms with Gasteiger partial charge in [0, 0.05) is 43.1 Å². The van der Waals surface area contributed by atoms with Crippen molar-refractivity contribution in [1.29, 1.82) is 0 Å². The molecule has 1 aromatic heterocycles. The van der Waals surface area contributed by atoms with Gasteiger partial charge in [-0.1, -0.05) is 43.6 Å². The fourth-order valence-corrected chi connectivity index (χ4v) is 2.28. The monoisotopic (exact) mass is 303 g/mol. The summed E-state index contributed by atoms with van der Waals surface area (Å²) in [6.45, 7) is 5.83. The third-order valence-corrected chi connectivity index (χ3v) is 3.67. The minimum atomic E-state index is 0.455. The molecule has 0 aliphatic rings. The minimum absolute atomic E-state index is 0.455. The van der Waals surface area contributed by atoms with Crippen molar-refractivity contribution in [2.24, 2.45) is 0 Å². The van der Waals surface area contributed by atoms with Gasteiger partial charge in [0.1, 0.15) is 0 Å². The van der Waals surface area contributed by atoms with Gasteiger partial charge in [0.25, 0.3) is 0 Å². The third kappa shape index (κ3) is 4.73. The molecular weight excluding hydrogens is 282 g/mol. The summed E-state index contributed by atoms with van der Waals surface area (Å²) in [6.07, 6.45) is 1.86. The summed E-state index contributed by atoms with van der Waals surface area (Å²) in [5, 5.41) is 4.19. The Hall–Kier alpha value is -1.58. The van der Waals surface area contributed by atoms with E-state index in [1.165, 1.54) is 0 Å². The van der Waals surface area contributed by atoms with Gasteiger partial charge in [0.15, 0.2) is 0 Å². The van der Waals surface area contributed by atoms with Crippen LogP contribution in [-0.2, 0) is 13.1 Å². The predicted molar refractivity (Wildman–Crippen MR) is 89.8 cm³/mol. The van der Waals surface area contributed by atoms with Crippen LogP contribution in [0, 0.1) is 0 Å². The quantitative estimate of drug-likeness (QED) is 0.878. The van der Waals surface area contributed by atoms with Crippen LogP contribution in [0.5, 0.6) is 0 Å². The fourth-order valence-electron chi connectivity index (χ4n) is 2.08. The van der Waals surface area contributed by atoms with Gasteiger partial charge in [-0.15, -0.1) is 0 Å². The van der Waals surface area contributed by atoms with E-state index in [2.05, 4.69) is 48.2 Å². The zero-order valence-corrected chi connectivity index (χ0v) is 13.6. The SMILES string of the molecule is CC(C)NCc1cc(N(C)Cc2ccccc2Cl)ccn1. The number of nitrogens with zero attached hydrogens (tertiary/aromatic N) is 2. The molecule has 1 aromatic carbocycles. The zero-order valence-electron chi connectivity index (χ0n) is 12.8. The first-order chi connectivity index (χ1) is 10.1. The molecule has 4 heteroatoms. The van der Waals surface area contributed by atoms with Gasteiger partial charge >= 0.3 is 0 Å². The van der Waals surface area contributed by atoms with E-state index in [1.54, 1.807) is 0 Å². The van der Waals surface area contributed by atoms with Crippen LogP contribution in [0.4, 0.5) is 5.69 Å². The first-order valence-electron chi connectivity index (χ1n) is 7.19. The fraction of sp³-hybridized carbons (Fsp3) is 0.353. The van der Waals surface area contributed by atoms with Gasteiger partial charge < -0.3 is 10.2 Å². The summed E-state index contributed by atoms with van der Waals surface area (Å²) in [4.78, 5) is 6.59. The number of pyridine rings is 1. The van der Waals surface area contributed by atoms with Crippen molar-refractivity contribution in [3.05, 3.63) is 58.9 Å². The summed E-state index contributed by atoms with van der Waals surface area (Å²) in [7, 11) is 2.07. The van der Waals surface area contributed by atoms with E-state index in [4.69, 9.17) is 11.6 Å². The second kappa shape index (κ2) is 7.43. The number of hydrogen-bond donors (Lipinski definition) is 1. The van der Waals surface area contributed by atoms with E-state index in [-0.39, 0.29) is 0 Å². The molecule has 0 bridgehead atoms. The molecule has 0 saturated carbocycles. The number of nitrogens with one attached hydrogen (secondary N) is 1. The Kier molecular flexibility index (Phi) is 5.59. The summed E-state index contributed by atoms with van der Waals surface area (Å²) >= 11 is 6.22. The van der Waals surface area contributed by atoms with Crippen LogP contribution in [0.25, 0.3) is 0 Å². The van der Waals surface area contributed by atoms with E-state index < -0.39 is 0 Å². The average molecular weight is 304 g/mol. The highest BCUT2D eigenvalue weighted by atomic mass is 35.5. The molecule has 2 rings (SSSR count). The molecule has 21 heavy (non-hydrogen) atoms. The lowest BCUT2D eigenvalue weighted by atomic mass is 10.2.